The fraction of sp³-hybridized carbons (Fsp3) is 0.368. The largest absolute Gasteiger partial charge is 0.321 e. The zero-order valence-electron chi connectivity index (χ0n) is 12.5. The molecule has 1 aliphatic carbocycles. The summed E-state index contributed by atoms with van der Waals surface area (Å²) in [5.74, 6) is -0.218. The smallest absolute Gasteiger partial charge is 0.123 e. The van der Waals surface area contributed by atoms with E-state index in [-0.39, 0.29) is 5.82 Å². The molecule has 21 heavy (non-hydrogen) atoms. The van der Waals surface area contributed by atoms with Crippen LogP contribution in [0.25, 0.3) is 0 Å². The van der Waals surface area contributed by atoms with Gasteiger partial charge in [0.25, 0.3) is 0 Å². The molecule has 1 unspecified atom stereocenters. The Bertz CT molecular complexity index is 650. The van der Waals surface area contributed by atoms with Crippen LogP contribution in [-0.2, 0) is 24.8 Å². The number of fused-ring (bicyclic) bond motifs is 1. The van der Waals surface area contributed by atoms with Gasteiger partial charge in [-0.2, -0.15) is 0 Å². The minimum absolute atomic E-state index is 0.218. The second-order valence-electron chi connectivity index (χ2n) is 6.15. The van der Waals surface area contributed by atoms with Crippen molar-refractivity contribution in [2.24, 2.45) is 5.73 Å². The van der Waals surface area contributed by atoms with Crippen LogP contribution in [0.1, 0.15) is 42.0 Å². The molecular weight excluding hydrogens is 261 g/mol. The summed E-state index contributed by atoms with van der Waals surface area (Å²) in [7, 11) is 0. The first kappa shape index (κ1) is 14.3. The van der Waals surface area contributed by atoms with Crippen molar-refractivity contribution in [3.8, 4) is 0 Å². The number of aryl methyl sites for hydroxylation is 2. The third-order valence-electron chi connectivity index (χ3n) is 4.71. The molecular formula is C19H22FN. The summed E-state index contributed by atoms with van der Waals surface area (Å²) in [6.07, 6.45) is 5.16. The summed E-state index contributed by atoms with van der Waals surface area (Å²) >= 11 is 0. The third kappa shape index (κ3) is 2.86. The van der Waals surface area contributed by atoms with E-state index in [4.69, 9.17) is 5.73 Å². The Kier molecular flexibility index (Phi) is 3.81. The minimum atomic E-state index is -0.505. The van der Waals surface area contributed by atoms with Crippen LogP contribution in [0.3, 0.4) is 0 Å². The van der Waals surface area contributed by atoms with Crippen LogP contribution >= 0.6 is 0 Å². The molecule has 0 aliphatic heterocycles. The van der Waals surface area contributed by atoms with Gasteiger partial charge in [0.1, 0.15) is 5.82 Å². The van der Waals surface area contributed by atoms with Gasteiger partial charge in [-0.05, 0) is 66.5 Å². The van der Waals surface area contributed by atoms with Gasteiger partial charge in [0.05, 0.1) is 0 Å². The highest BCUT2D eigenvalue weighted by Gasteiger charge is 2.26. The van der Waals surface area contributed by atoms with E-state index in [1.807, 2.05) is 6.07 Å². The lowest BCUT2D eigenvalue weighted by atomic mass is 9.82. The molecule has 0 aromatic heterocycles. The van der Waals surface area contributed by atoms with Gasteiger partial charge < -0.3 is 5.73 Å². The molecule has 0 radical (unpaired) electrons. The van der Waals surface area contributed by atoms with Crippen LogP contribution < -0.4 is 5.73 Å². The molecule has 2 aromatic rings. The molecule has 0 amide bonds. The first-order valence-electron chi connectivity index (χ1n) is 7.76. The van der Waals surface area contributed by atoms with Gasteiger partial charge >= 0.3 is 0 Å². The Morgan fingerprint density at radius 3 is 2.67 bits per heavy atom. The minimum Gasteiger partial charge on any atom is -0.321 e. The van der Waals surface area contributed by atoms with E-state index in [1.165, 1.54) is 42.0 Å². The number of rotatable bonds is 4. The number of hydrogen-bond donors (Lipinski definition) is 1. The average Bonchev–Trinajstić information content (AvgIpc) is 2.94. The maximum absolute atomic E-state index is 13.5. The molecule has 0 fully saturated rings. The highest BCUT2D eigenvalue weighted by molar-refractivity contribution is 5.37. The first-order valence-corrected chi connectivity index (χ1v) is 7.76. The highest BCUT2D eigenvalue weighted by Crippen LogP contribution is 2.29. The lowest BCUT2D eigenvalue weighted by Crippen LogP contribution is -2.38. The van der Waals surface area contributed by atoms with Crippen molar-refractivity contribution < 1.29 is 4.39 Å². The van der Waals surface area contributed by atoms with Gasteiger partial charge in [0.15, 0.2) is 0 Å². The Hall–Kier alpha value is -1.67. The number of halogens is 1. The molecule has 0 heterocycles. The first-order chi connectivity index (χ1) is 10.1. The number of benzene rings is 2. The van der Waals surface area contributed by atoms with E-state index in [1.54, 1.807) is 12.1 Å². The topological polar surface area (TPSA) is 26.0 Å². The van der Waals surface area contributed by atoms with Crippen LogP contribution in [0.4, 0.5) is 4.39 Å². The summed E-state index contributed by atoms with van der Waals surface area (Å²) < 4.78 is 13.5. The molecule has 0 spiro atoms. The fourth-order valence-electron chi connectivity index (χ4n) is 3.33. The van der Waals surface area contributed by atoms with Crippen LogP contribution in [0.2, 0.25) is 0 Å². The Morgan fingerprint density at radius 2 is 1.90 bits per heavy atom. The highest BCUT2D eigenvalue weighted by atomic mass is 19.1. The molecule has 0 saturated carbocycles. The summed E-state index contributed by atoms with van der Waals surface area (Å²) in [5.41, 5.74) is 11.2. The van der Waals surface area contributed by atoms with Gasteiger partial charge in [-0.15, -0.1) is 0 Å². The second kappa shape index (κ2) is 5.61. The average molecular weight is 283 g/mol. The lowest BCUT2D eigenvalue weighted by molar-refractivity contribution is 0.422. The van der Waals surface area contributed by atoms with E-state index in [0.717, 1.165) is 18.4 Å². The van der Waals surface area contributed by atoms with Gasteiger partial charge in [0, 0.05) is 5.54 Å². The second-order valence-corrected chi connectivity index (χ2v) is 6.15. The van der Waals surface area contributed by atoms with Crippen molar-refractivity contribution in [2.75, 3.05) is 0 Å². The van der Waals surface area contributed by atoms with Crippen LogP contribution in [0, 0.1) is 5.82 Å². The molecule has 1 nitrogen and oxygen atoms in total. The summed E-state index contributed by atoms with van der Waals surface area (Å²) in [5, 5.41) is 0. The van der Waals surface area contributed by atoms with Gasteiger partial charge in [-0.25, -0.2) is 4.39 Å². The molecule has 0 saturated heterocycles. The maximum atomic E-state index is 13.5. The summed E-state index contributed by atoms with van der Waals surface area (Å²) in [4.78, 5) is 0. The van der Waals surface area contributed by atoms with E-state index >= 15 is 0 Å². The van der Waals surface area contributed by atoms with Crippen molar-refractivity contribution in [1.29, 1.82) is 0 Å². The monoisotopic (exact) mass is 283 g/mol. The molecule has 1 atom stereocenters. The van der Waals surface area contributed by atoms with Crippen molar-refractivity contribution >= 4 is 0 Å². The standard InChI is InChI=1S/C19H22FN/c1-2-19(21,17-7-4-8-18(20)12-17)13-14-9-10-15-5-3-6-16(15)11-14/h4,7-12H,2-3,5-6,13,21H2,1H3. The molecule has 2 N–H and O–H groups in total. The normalized spacial score (nSPS) is 16.5. The Labute approximate surface area is 126 Å². The zero-order chi connectivity index (χ0) is 14.9. The predicted molar refractivity (Wildman–Crippen MR) is 84.7 cm³/mol. The maximum Gasteiger partial charge on any atom is 0.123 e. The predicted octanol–water partition coefficient (Wildman–Crippen LogP) is 4.12. The number of hydrogen-bond acceptors (Lipinski definition) is 1. The Balaban J connectivity index is 1.90. The molecule has 3 rings (SSSR count). The molecule has 110 valence electrons. The Morgan fingerprint density at radius 1 is 1.10 bits per heavy atom. The van der Waals surface area contributed by atoms with Crippen LogP contribution in [0.5, 0.6) is 0 Å². The van der Waals surface area contributed by atoms with Gasteiger partial charge in [-0.1, -0.05) is 37.3 Å². The lowest BCUT2D eigenvalue weighted by Gasteiger charge is -2.29. The van der Waals surface area contributed by atoms with E-state index < -0.39 is 5.54 Å². The third-order valence-corrected chi connectivity index (χ3v) is 4.71. The van der Waals surface area contributed by atoms with Crippen LogP contribution in [-0.4, -0.2) is 0 Å². The van der Waals surface area contributed by atoms with E-state index in [0.29, 0.717) is 0 Å². The van der Waals surface area contributed by atoms with Gasteiger partial charge in [-0.3, -0.25) is 0 Å². The zero-order valence-corrected chi connectivity index (χ0v) is 12.5. The van der Waals surface area contributed by atoms with Crippen molar-refractivity contribution in [1.82, 2.24) is 0 Å². The van der Waals surface area contributed by atoms with Crippen LogP contribution in [0.15, 0.2) is 42.5 Å². The molecule has 1 aliphatic rings. The molecule has 2 aromatic carbocycles. The van der Waals surface area contributed by atoms with Gasteiger partial charge in [0.2, 0.25) is 0 Å². The fourth-order valence-corrected chi connectivity index (χ4v) is 3.33. The van der Waals surface area contributed by atoms with Crippen molar-refractivity contribution in [3.63, 3.8) is 0 Å². The van der Waals surface area contributed by atoms with E-state index in [2.05, 4.69) is 25.1 Å². The summed E-state index contributed by atoms with van der Waals surface area (Å²) in [6.45, 7) is 2.07. The van der Waals surface area contributed by atoms with E-state index in [9.17, 15) is 4.39 Å². The van der Waals surface area contributed by atoms with Crippen molar-refractivity contribution in [3.05, 3.63) is 70.5 Å². The number of nitrogens with two attached hydrogens (primary N) is 1. The quantitative estimate of drug-likeness (QED) is 0.897. The summed E-state index contributed by atoms with van der Waals surface area (Å²) in [6, 6.07) is 13.4. The van der Waals surface area contributed by atoms with Crippen molar-refractivity contribution in [2.45, 2.75) is 44.6 Å². The molecule has 0 bridgehead atoms. The molecule has 2 heteroatoms. The SMILES string of the molecule is CCC(N)(Cc1ccc2c(c1)CCC2)c1cccc(F)c1.